The first kappa shape index (κ1) is 13.1. The summed E-state index contributed by atoms with van der Waals surface area (Å²) in [5.41, 5.74) is -0.214. The highest BCUT2D eigenvalue weighted by Gasteiger charge is 2.35. The molecule has 0 spiro atoms. The van der Waals surface area contributed by atoms with Crippen LogP contribution in [-0.2, 0) is 4.79 Å². The number of aromatic nitrogens is 1. The van der Waals surface area contributed by atoms with E-state index in [0.717, 1.165) is 0 Å². The molecule has 1 fully saturated rings. The Kier molecular flexibility index (Phi) is 3.50. The first-order valence-electron chi connectivity index (χ1n) is 5.73. The number of anilines is 1. The van der Waals surface area contributed by atoms with Gasteiger partial charge in [0.2, 0.25) is 11.7 Å². The molecule has 0 radical (unpaired) electrons. The van der Waals surface area contributed by atoms with Crippen LogP contribution in [0.25, 0.3) is 0 Å². The molecule has 1 aliphatic heterocycles. The Labute approximate surface area is 108 Å². The lowest BCUT2D eigenvalue weighted by Gasteiger charge is -2.22. The molecule has 0 bridgehead atoms. The van der Waals surface area contributed by atoms with Gasteiger partial charge in [-0.05, 0) is 12.8 Å². The largest absolute Gasteiger partial charge is 0.481 e. The third-order valence-corrected chi connectivity index (χ3v) is 3.04. The Morgan fingerprint density at radius 2 is 2.37 bits per heavy atom. The fourth-order valence-electron chi connectivity index (χ4n) is 2.17. The molecule has 1 saturated heterocycles. The second-order valence-corrected chi connectivity index (χ2v) is 4.14. The molecular weight excluding hydrogens is 254 g/mol. The molecule has 102 valence electrons. The molecule has 2 heterocycles. The first-order valence-corrected chi connectivity index (χ1v) is 5.73. The van der Waals surface area contributed by atoms with E-state index in [-0.39, 0.29) is 17.4 Å². The van der Waals surface area contributed by atoms with Gasteiger partial charge in [0, 0.05) is 18.7 Å². The van der Waals surface area contributed by atoms with E-state index in [2.05, 4.69) is 4.98 Å². The Balaban J connectivity index is 2.46. The molecule has 1 N–H and O–H groups in total. The predicted molar refractivity (Wildman–Crippen MR) is 65.4 cm³/mol. The molecule has 0 aliphatic carbocycles. The summed E-state index contributed by atoms with van der Waals surface area (Å²) in [5.74, 6) is -0.734. The van der Waals surface area contributed by atoms with Crippen molar-refractivity contribution in [3.8, 4) is 5.88 Å². The Morgan fingerprint density at radius 1 is 1.63 bits per heavy atom. The summed E-state index contributed by atoms with van der Waals surface area (Å²) < 4.78 is 4.94. The Morgan fingerprint density at radius 3 is 2.95 bits per heavy atom. The van der Waals surface area contributed by atoms with Gasteiger partial charge in [0.15, 0.2) is 0 Å². The summed E-state index contributed by atoms with van der Waals surface area (Å²) in [5, 5.41) is 20.1. The quantitative estimate of drug-likeness (QED) is 0.641. The van der Waals surface area contributed by atoms with Crippen LogP contribution >= 0.6 is 0 Å². The van der Waals surface area contributed by atoms with Gasteiger partial charge in [-0.3, -0.25) is 10.1 Å². The van der Waals surface area contributed by atoms with Gasteiger partial charge in [-0.1, -0.05) is 0 Å². The lowest BCUT2D eigenvalue weighted by molar-refractivity contribution is -0.384. The molecule has 1 aromatic rings. The molecule has 1 atom stereocenters. The third-order valence-electron chi connectivity index (χ3n) is 3.04. The lowest BCUT2D eigenvalue weighted by Crippen LogP contribution is -2.36. The van der Waals surface area contributed by atoms with Crippen molar-refractivity contribution in [1.82, 2.24) is 4.98 Å². The molecule has 8 nitrogen and oxygen atoms in total. The van der Waals surface area contributed by atoms with Crippen LogP contribution in [0.5, 0.6) is 5.88 Å². The molecular formula is C11H13N3O5. The molecule has 1 unspecified atom stereocenters. The third kappa shape index (κ3) is 2.42. The van der Waals surface area contributed by atoms with Crippen molar-refractivity contribution < 1.29 is 19.6 Å². The second-order valence-electron chi connectivity index (χ2n) is 4.14. The zero-order valence-electron chi connectivity index (χ0n) is 10.3. The molecule has 2 rings (SSSR count). The SMILES string of the molecule is COc1ccc([N+](=O)[O-])c(N2CCCC2C(=O)O)n1. The number of carboxylic acid groups (broad SMARTS) is 1. The fourth-order valence-corrected chi connectivity index (χ4v) is 2.17. The lowest BCUT2D eigenvalue weighted by atomic mass is 10.2. The summed E-state index contributed by atoms with van der Waals surface area (Å²) in [6.07, 6.45) is 1.11. The van der Waals surface area contributed by atoms with E-state index in [9.17, 15) is 14.9 Å². The van der Waals surface area contributed by atoms with Crippen LogP contribution in [0.2, 0.25) is 0 Å². The van der Waals surface area contributed by atoms with Crippen molar-refractivity contribution in [3.05, 3.63) is 22.2 Å². The number of nitrogens with zero attached hydrogens (tertiary/aromatic N) is 3. The van der Waals surface area contributed by atoms with Gasteiger partial charge in [-0.2, -0.15) is 4.98 Å². The number of ether oxygens (including phenoxy) is 1. The molecule has 8 heteroatoms. The number of carbonyl (C=O) groups is 1. The Hall–Kier alpha value is -2.38. The average Bonchev–Trinajstić information content (AvgIpc) is 2.87. The summed E-state index contributed by atoms with van der Waals surface area (Å²) >= 11 is 0. The molecule has 0 aromatic carbocycles. The molecule has 1 aliphatic rings. The van der Waals surface area contributed by atoms with Crippen LogP contribution in [0.3, 0.4) is 0 Å². The van der Waals surface area contributed by atoms with Gasteiger partial charge < -0.3 is 14.7 Å². The summed E-state index contributed by atoms with van der Waals surface area (Å²) in [4.78, 5) is 27.1. The number of carboxylic acids is 1. The minimum Gasteiger partial charge on any atom is -0.481 e. The van der Waals surface area contributed by atoms with E-state index < -0.39 is 16.9 Å². The van der Waals surface area contributed by atoms with Crippen molar-refractivity contribution >= 4 is 17.5 Å². The number of hydrogen-bond acceptors (Lipinski definition) is 6. The summed E-state index contributed by atoms with van der Waals surface area (Å²) in [6.45, 7) is 0.429. The number of nitro groups is 1. The molecule has 0 saturated carbocycles. The van der Waals surface area contributed by atoms with Crippen molar-refractivity contribution in [3.63, 3.8) is 0 Å². The summed E-state index contributed by atoms with van der Waals surface area (Å²) in [7, 11) is 1.40. The maximum atomic E-state index is 11.2. The van der Waals surface area contributed by atoms with E-state index in [1.165, 1.54) is 24.1 Å². The number of aliphatic carboxylic acids is 1. The van der Waals surface area contributed by atoms with Gasteiger partial charge in [0.1, 0.15) is 6.04 Å². The molecule has 1 aromatic heterocycles. The zero-order chi connectivity index (χ0) is 14.0. The van der Waals surface area contributed by atoms with Crippen molar-refractivity contribution in [2.24, 2.45) is 0 Å². The number of hydrogen-bond donors (Lipinski definition) is 1. The van der Waals surface area contributed by atoms with Crippen LogP contribution in [0.4, 0.5) is 11.5 Å². The monoisotopic (exact) mass is 267 g/mol. The van der Waals surface area contributed by atoms with Crippen LogP contribution in [0.1, 0.15) is 12.8 Å². The highest BCUT2D eigenvalue weighted by atomic mass is 16.6. The number of methoxy groups -OCH3 is 1. The minimum atomic E-state index is -1.00. The average molecular weight is 267 g/mol. The van der Waals surface area contributed by atoms with Crippen molar-refractivity contribution in [2.45, 2.75) is 18.9 Å². The van der Waals surface area contributed by atoms with Crippen LogP contribution in [0, 0.1) is 10.1 Å². The fraction of sp³-hybridized carbons (Fsp3) is 0.455. The van der Waals surface area contributed by atoms with Crippen molar-refractivity contribution in [1.29, 1.82) is 0 Å². The van der Waals surface area contributed by atoms with E-state index >= 15 is 0 Å². The number of pyridine rings is 1. The van der Waals surface area contributed by atoms with E-state index in [0.29, 0.717) is 19.4 Å². The first-order chi connectivity index (χ1) is 9.04. The van der Waals surface area contributed by atoms with Gasteiger partial charge >= 0.3 is 11.7 Å². The van der Waals surface area contributed by atoms with Crippen LogP contribution < -0.4 is 9.64 Å². The maximum absolute atomic E-state index is 11.2. The van der Waals surface area contributed by atoms with Crippen LogP contribution in [-0.4, -0.2) is 40.7 Å². The van der Waals surface area contributed by atoms with Crippen LogP contribution in [0.15, 0.2) is 12.1 Å². The second kappa shape index (κ2) is 5.09. The smallest absolute Gasteiger partial charge is 0.326 e. The topological polar surface area (TPSA) is 106 Å². The Bertz CT molecular complexity index is 519. The minimum absolute atomic E-state index is 0.0502. The number of rotatable bonds is 4. The van der Waals surface area contributed by atoms with Gasteiger partial charge in [-0.25, -0.2) is 4.79 Å². The van der Waals surface area contributed by atoms with E-state index in [4.69, 9.17) is 9.84 Å². The molecule has 19 heavy (non-hydrogen) atoms. The summed E-state index contributed by atoms with van der Waals surface area (Å²) in [6, 6.07) is 1.88. The van der Waals surface area contributed by atoms with Gasteiger partial charge in [0.25, 0.3) is 0 Å². The van der Waals surface area contributed by atoms with Crippen molar-refractivity contribution in [2.75, 3.05) is 18.6 Å². The normalized spacial score (nSPS) is 18.4. The highest BCUT2D eigenvalue weighted by Crippen LogP contribution is 2.33. The predicted octanol–water partition coefficient (Wildman–Crippen LogP) is 1.05. The highest BCUT2D eigenvalue weighted by molar-refractivity contribution is 5.80. The van der Waals surface area contributed by atoms with E-state index in [1.807, 2.05) is 0 Å². The van der Waals surface area contributed by atoms with E-state index in [1.54, 1.807) is 0 Å². The maximum Gasteiger partial charge on any atom is 0.326 e. The zero-order valence-corrected chi connectivity index (χ0v) is 10.3. The van der Waals surface area contributed by atoms with Gasteiger partial charge in [-0.15, -0.1) is 0 Å². The molecule has 0 amide bonds. The van der Waals surface area contributed by atoms with Gasteiger partial charge in [0.05, 0.1) is 12.0 Å². The standard InChI is InChI=1S/C11H13N3O5/c1-19-9-5-4-7(14(17)18)10(12-9)13-6-2-3-8(13)11(15)16/h4-5,8H,2-3,6H2,1H3,(H,15,16).